The third-order valence-electron chi connectivity index (χ3n) is 3.93. The van der Waals surface area contributed by atoms with Crippen LogP contribution in [0.4, 0.5) is 18.9 Å². The number of nitrogens with zero attached hydrogens (tertiary/aromatic N) is 1. The molecule has 0 bridgehead atoms. The van der Waals surface area contributed by atoms with Gasteiger partial charge in [-0.1, -0.05) is 11.6 Å². The Morgan fingerprint density at radius 1 is 1.33 bits per heavy atom. The number of carbonyl (C=O) groups is 1. The van der Waals surface area contributed by atoms with E-state index in [0.29, 0.717) is 16.3 Å². The van der Waals surface area contributed by atoms with Crippen LogP contribution in [-0.2, 0) is 12.7 Å². The highest BCUT2D eigenvalue weighted by Crippen LogP contribution is 2.35. The smallest absolute Gasteiger partial charge is 0.416 e. The summed E-state index contributed by atoms with van der Waals surface area (Å²) in [5.41, 5.74) is -2.16. The second kappa shape index (κ2) is 6.90. The first-order valence-corrected chi connectivity index (χ1v) is 8.92. The second-order valence-corrected chi connectivity index (χ2v) is 6.88. The Morgan fingerprint density at radius 3 is 2.67 bits per heavy atom. The maximum atomic E-state index is 12.9. The summed E-state index contributed by atoms with van der Waals surface area (Å²) in [7, 11) is 0. The number of benzene rings is 1. The van der Waals surface area contributed by atoms with Gasteiger partial charge in [-0.25, -0.2) is 0 Å². The van der Waals surface area contributed by atoms with Crippen LogP contribution in [0.15, 0.2) is 34.4 Å². The van der Waals surface area contributed by atoms with Gasteiger partial charge in [-0.15, -0.1) is 11.3 Å². The third kappa shape index (κ3) is 3.40. The van der Waals surface area contributed by atoms with Crippen LogP contribution >= 0.6 is 22.9 Å². The maximum absolute atomic E-state index is 12.9. The molecule has 2 N–H and O–H groups in total. The highest BCUT2D eigenvalue weighted by molar-refractivity contribution is 7.17. The molecule has 2 aromatic heterocycles. The SMILES string of the molecule is CCn1c(=O)c(C(=O)Nc2cc(C(F)(F)F)ccc2Cl)c(O)c2sccc21. The molecule has 10 heteroatoms. The zero-order valence-electron chi connectivity index (χ0n) is 13.7. The maximum Gasteiger partial charge on any atom is 0.416 e. The zero-order valence-corrected chi connectivity index (χ0v) is 15.3. The molecular formula is C17H12ClF3N2O3S. The third-order valence-corrected chi connectivity index (χ3v) is 5.17. The van der Waals surface area contributed by atoms with E-state index in [2.05, 4.69) is 5.32 Å². The van der Waals surface area contributed by atoms with Gasteiger partial charge in [0.15, 0.2) is 5.75 Å². The monoisotopic (exact) mass is 416 g/mol. The predicted octanol–water partition coefficient (Wildman–Crippen LogP) is 4.71. The number of aromatic hydroxyl groups is 1. The Morgan fingerprint density at radius 2 is 2.04 bits per heavy atom. The van der Waals surface area contributed by atoms with Crippen LogP contribution in [0, 0.1) is 0 Å². The standard InChI is InChI=1S/C17H12ClF3N2O3S/c1-2-23-11-5-6-27-14(11)13(24)12(16(23)26)15(25)22-10-7-8(17(19,20)21)3-4-9(10)18/h3-7,24H,2H2,1H3,(H,22,25). The van der Waals surface area contributed by atoms with Crippen molar-refractivity contribution in [3.8, 4) is 5.75 Å². The minimum atomic E-state index is -4.63. The summed E-state index contributed by atoms with van der Waals surface area (Å²) in [5, 5.41) is 14.1. The average molecular weight is 417 g/mol. The second-order valence-electron chi connectivity index (χ2n) is 5.55. The van der Waals surface area contributed by atoms with Gasteiger partial charge in [-0.2, -0.15) is 13.2 Å². The van der Waals surface area contributed by atoms with Gasteiger partial charge in [-0.05, 0) is 36.6 Å². The van der Waals surface area contributed by atoms with Crippen molar-refractivity contribution in [2.24, 2.45) is 0 Å². The largest absolute Gasteiger partial charge is 0.505 e. The van der Waals surface area contributed by atoms with Gasteiger partial charge in [0, 0.05) is 6.54 Å². The van der Waals surface area contributed by atoms with E-state index >= 15 is 0 Å². The van der Waals surface area contributed by atoms with Crippen LogP contribution in [0.2, 0.25) is 5.02 Å². The number of thiophene rings is 1. The van der Waals surface area contributed by atoms with Crippen molar-refractivity contribution in [3.63, 3.8) is 0 Å². The minimum absolute atomic E-state index is 0.135. The van der Waals surface area contributed by atoms with Gasteiger partial charge in [0.2, 0.25) is 0 Å². The lowest BCUT2D eigenvalue weighted by molar-refractivity contribution is -0.137. The lowest BCUT2D eigenvalue weighted by Gasteiger charge is -2.13. The fourth-order valence-electron chi connectivity index (χ4n) is 2.65. The number of nitrogens with one attached hydrogen (secondary N) is 1. The van der Waals surface area contributed by atoms with E-state index in [0.717, 1.165) is 23.5 Å². The first-order valence-electron chi connectivity index (χ1n) is 7.66. The topological polar surface area (TPSA) is 71.3 Å². The van der Waals surface area contributed by atoms with Gasteiger partial charge in [-0.3, -0.25) is 9.59 Å². The molecule has 2 heterocycles. The molecule has 0 saturated heterocycles. The molecule has 142 valence electrons. The Labute approximate surface area is 159 Å². The van der Waals surface area contributed by atoms with Crippen molar-refractivity contribution < 1.29 is 23.1 Å². The molecule has 27 heavy (non-hydrogen) atoms. The number of pyridine rings is 1. The molecule has 0 aliphatic heterocycles. The highest BCUT2D eigenvalue weighted by Gasteiger charge is 2.31. The molecular weight excluding hydrogens is 405 g/mol. The number of rotatable bonds is 3. The number of aromatic nitrogens is 1. The van der Waals surface area contributed by atoms with Gasteiger partial charge < -0.3 is 15.0 Å². The number of alkyl halides is 3. The highest BCUT2D eigenvalue weighted by atomic mass is 35.5. The number of anilines is 1. The number of carbonyl (C=O) groups excluding carboxylic acids is 1. The van der Waals surface area contributed by atoms with Crippen molar-refractivity contribution in [2.45, 2.75) is 19.6 Å². The molecule has 1 amide bonds. The van der Waals surface area contributed by atoms with Crippen molar-refractivity contribution in [1.29, 1.82) is 0 Å². The number of hydrogen-bond donors (Lipinski definition) is 2. The molecule has 0 atom stereocenters. The summed E-state index contributed by atoms with van der Waals surface area (Å²) >= 11 is 7.00. The Kier molecular flexibility index (Phi) is 4.92. The molecule has 3 rings (SSSR count). The van der Waals surface area contributed by atoms with E-state index in [1.54, 1.807) is 18.4 Å². The summed E-state index contributed by atoms with van der Waals surface area (Å²) in [6.45, 7) is 1.94. The van der Waals surface area contributed by atoms with E-state index in [9.17, 15) is 27.9 Å². The van der Waals surface area contributed by atoms with Crippen LogP contribution in [0.1, 0.15) is 22.8 Å². The van der Waals surface area contributed by atoms with Crippen molar-refractivity contribution in [1.82, 2.24) is 4.57 Å². The van der Waals surface area contributed by atoms with Crippen molar-refractivity contribution >= 4 is 44.7 Å². The van der Waals surface area contributed by atoms with Crippen LogP contribution < -0.4 is 10.9 Å². The Balaban J connectivity index is 2.09. The molecule has 0 aliphatic rings. The minimum Gasteiger partial charge on any atom is -0.505 e. The lowest BCUT2D eigenvalue weighted by atomic mass is 10.1. The van der Waals surface area contributed by atoms with E-state index < -0.39 is 34.5 Å². The van der Waals surface area contributed by atoms with E-state index in [-0.39, 0.29) is 17.3 Å². The molecule has 0 radical (unpaired) electrons. The summed E-state index contributed by atoms with van der Waals surface area (Å²) in [4.78, 5) is 25.2. The number of fused-ring (bicyclic) bond motifs is 1. The average Bonchev–Trinajstić information content (AvgIpc) is 3.06. The lowest BCUT2D eigenvalue weighted by Crippen LogP contribution is -2.29. The zero-order chi connectivity index (χ0) is 19.9. The fourth-order valence-corrected chi connectivity index (χ4v) is 3.66. The molecule has 0 saturated carbocycles. The normalized spacial score (nSPS) is 11.7. The molecule has 0 fully saturated rings. The molecule has 1 aromatic carbocycles. The van der Waals surface area contributed by atoms with E-state index in [1.165, 1.54) is 4.57 Å². The van der Waals surface area contributed by atoms with Gasteiger partial charge in [0.1, 0.15) is 5.56 Å². The van der Waals surface area contributed by atoms with Crippen LogP contribution in [-0.4, -0.2) is 15.6 Å². The summed E-state index contributed by atoms with van der Waals surface area (Å²) in [5.74, 6) is -1.56. The fraction of sp³-hybridized carbons (Fsp3) is 0.176. The number of halogens is 4. The Hall–Kier alpha value is -2.52. The summed E-state index contributed by atoms with van der Waals surface area (Å²) in [6, 6.07) is 4.07. The summed E-state index contributed by atoms with van der Waals surface area (Å²) < 4.78 is 40.3. The van der Waals surface area contributed by atoms with Crippen LogP contribution in [0.3, 0.4) is 0 Å². The van der Waals surface area contributed by atoms with Crippen LogP contribution in [0.5, 0.6) is 5.75 Å². The quantitative estimate of drug-likeness (QED) is 0.649. The number of aryl methyl sites for hydroxylation is 1. The van der Waals surface area contributed by atoms with Crippen molar-refractivity contribution in [2.75, 3.05) is 5.32 Å². The molecule has 3 aromatic rings. The molecule has 0 spiro atoms. The van der Waals surface area contributed by atoms with E-state index in [4.69, 9.17) is 11.6 Å². The van der Waals surface area contributed by atoms with Gasteiger partial charge in [0.25, 0.3) is 11.5 Å². The predicted molar refractivity (Wildman–Crippen MR) is 97.8 cm³/mol. The summed E-state index contributed by atoms with van der Waals surface area (Å²) in [6.07, 6.45) is -4.63. The Bertz CT molecular complexity index is 1110. The number of hydrogen-bond acceptors (Lipinski definition) is 4. The molecule has 0 unspecified atom stereocenters. The molecule has 0 aliphatic carbocycles. The van der Waals surface area contributed by atoms with Crippen LogP contribution in [0.25, 0.3) is 10.2 Å². The number of amides is 1. The van der Waals surface area contributed by atoms with E-state index in [1.807, 2.05) is 0 Å². The van der Waals surface area contributed by atoms with Gasteiger partial charge >= 0.3 is 6.18 Å². The first kappa shape index (κ1) is 19.2. The van der Waals surface area contributed by atoms with Crippen molar-refractivity contribution in [3.05, 3.63) is 56.1 Å². The molecule has 5 nitrogen and oxygen atoms in total. The first-order chi connectivity index (χ1) is 12.6. The van der Waals surface area contributed by atoms with Gasteiger partial charge in [0.05, 0.1) is 26.5 Å².